The van der Waals surface area contributed by atoms with Crippen molar-refractivity contribution in [3.8, 4) is 11.1 Å². The molecule has 0 aliphatic carbocycles. The molecule has 1 aromatic heterocycles. The van der Waals surface area contributed by atoms with Gasteiger partial charge in [-0.3, -0.25) is 0 Å². The van der Waals surface area contributed by atoms with Gasteiger partial charge in [0.1, 0.15) is 5.58 Å². The Hall–Kier alpha value is -2.59. The first-order valence-corrected chi connectivity index (χ1v) is 9.11. The molecule has 0 spiro atoms. The number of aryl methyl sites for hydroxylation is 2. The lowest BCUT2D eigenvalue weighted by Gasteiger charge is -2.34. The van der Waals surface area contributed by atoms with Crippen LogP contribution in [0.25, 0.3) is 22.1 Å². The number of hydrogen-bond donors (Lipinski definition) is 0. The molecule has 4 nitrogen and oxygen atoms in total. The standard InChI is InChI=1S/C22H24N2O2/c1-15-5-4-6-17(13-15)21-16(2)19-8-7-18(14-20(19)26-22(21)25)24-11-9-23(3)10-12-24/h4-8,13-14H,9-12H2,1-3H3. The van der Waals surface area contributed by atoms with Crippen LogP contribution in [0.4, 0.5) is 5.69 Å². The van der Waals surface area contributed by atoms with Crippen LogP contribution in [0.2, 0.25) is 0 Å². The monoisotopic (exact) mass is 348 g/mol. The summed E-state index contributed by atoms with van der Waals surface area (Å²) in [6.45, 7) is 8.12. The molecule has 0 saturated carbocycles. The fourth-order valence-corrected chi connectivity index (χ4v) is 3.74. The van der Waals surface area contributed by atoms with E-state index in [1.54, 1.807) is 0 Å². The van der Waals surface area contributed by atoms with Crippen LogP contribution in [0.3, 0.4) is 0 Å². The molecule has 0 bridgehead atoms. The van der Waals surface area contributed by atoms with Crippen molar-refractivity contribution in [3.63, 3.8) is 0 Å². The van der Waals surface area contributed by atoms with E-state index >= 15 is 0 Å². The smallest absolute Gasteiger partial charge is 0.344 e. The Morgan fingerprint density at radius 3 is 2.46 bits per heavy atom. The first-order chi connectivity index (χ1) is 12.5. The molecular weight excluding hydrogens is 324 g/mol. The number of anilines is 1. The Balaban J connectivity index is 1.79. The number of likely N-dealkylation sites (N-methyl/N-ethyl adjacent to an activating group) is 1. The summed E-state index contributed by atoms with van der Waals surface area (Å²) in [5, 5.41) is 0.999. The summed E-state index contributed by atoms with van der Waals surface area (Å²) in [5.74, 6) is 0. The summed E-state index contributed by atoms with van der Waals surface area (Å²) in [6.07, 6.45) is 0. The van der Waals surface area contributed by atoms with Gasteiger partial charge in [-0.05, 0) is 44.2 Å². The summed E-state index contributed by atoms with van der Waals surface area (Å²) >= 11 is 0. The van der Waals surface area contributed by atoms with Crippen molar-refractivity contribution >= 4 is 16.7 Å². The van der Waals surface area contributed by atoms with E-state index in [1.165, 1.54) is 0 Å². The summed E-state index contributed by atoms with van der Waals surface area (Å²) in [6, 6.07) is 14.2. The molecule has 0 amide bonds. The molecule has 4 heteroatoms. The fraction of sp³-hybridized carbons (Fsp3) is 0.318. The Labute approximate surface area is 153 Å². The van der Waals surface area contributed by atoms with E-state index < -0.39 is 0 Å². The number of nitrogens with zero attached hydrogens (tertiary/aromatic N) is 2. The average Bonchev–Trinajstić information content (AvgIpc) is 2.62. The van der Waals surface area contributed by atoms with E-state index in [0.717, 1.165) is 53.9 Å². The minimum atomic E-state index is -0.267. The zero-order valence-electron chi connectivity index (χ0n) is 15.6. The van der Waals surface area contributed by atoms with E-state index in [9.17, 15) is 4.79 Å². The van der Waals surface area contributed by atoms with Gasteiger partial charge in [-0.25, -0.2) is 4.79 Å². The van der Waals surface area contributed by atoms with E-state index in [0.29, 0.717) is 11.1 Å². The molecule has 1 aliphatic rings. The lowest BCUT2D eigenvalue weighted by molar-refractivity contribution is 0.313. The Morgan fingerprint density at radius 2 is 1.73 bits per heavy atom. The van der Waals surface area contributed by atoms with Crippen LogP contribution >= 0.6 is 0 Å². The molecule has 1 aliphatic heterocycles. The van der Waals surface area contributed by atoms with Crippen LogP contribution in [0, 0.1) is 13.8 Å². The van der Waals surface area contributed by atoms with Crippen molar-refractivity contribution in [2.75, 3.05) is 38.1 Å². The van der Waals surface area contributed by atoms with Crippen LogP contribution < -0.4 is 10.5 Å². The van der Waals surface area contributed by atoms with Crippen molar-refractivity contribution in [1.82, 2.24) is 4.90 Å². The summed E-state index contributed by atoms with van der Waals surface area (Å²) < 4.78 is 5.73. The van der Waals surface area contributed by atoms with Gasteiger partial charge in [0.2, 0.25) is 0 Å². The number of piperazine rings is 1. The molecule has 26 heavy (non-hydrogen) atoms. The molecular formula is C22H24N2O2. The van der Waals surface area contributed by atoms with E-state index in [1.807, 2.05) is 44.2 Å². The highest BCUT2D eigenvalue weighted by Crippen LogP contribution is 2.30. The van der Waals surface area contributed by atoms with E-state index in [2.05, 4.69) is 29.0 Å². The minimum absolute atomic E-state index is 0.267. The normalized spacial score (nSPS) is 15.6. The van der Waals surface area contributed by atoms with Crippen LogP contribution in [0.15, 0.2) is 51.7 Å². The Bertz CT molecular complexity index is 1010. The highest BCUT2D eigenvalue weighted by molar-refractivity contribution is 5.88. The van der Waals surface area contributed by atoms with Gasteiger partial charge in [0.15, 0.2) is 0 Å². The maximum atomic E-state index is 12.7. The van der Waals surface area contributed by atoms with E-state index in [-0.39, 0.29) is 5.63 Å². The molecule has 0 unspecified atom stereocenters. The predicted molar refractivity (Wildman–Crippen MR) is 107 cm³/mol. The number of rotatable bonds is 2. The van der Waals surface area contributed by atoms with Crippen molar-refractivity contribution in [2.45, 2.75) is 13.8 Å². The molecule has 2 aromatic carbocycles. The van der Waals surface area contributed by atoms with Gasteiger partial charge in [0.25, 0.3) is 0 Å². The second-order valence-electron chi connectivity index (χ2n) is 7.23. The molecule has 0 N–H and O–H groups in total. The molecule has 3 aromatic rings. The topological polar surface area (TPSA) is 36.7 Å². The van der Waals surface area contributed by atoms with Crippen LogP contribution in [0.1, 0.15) is 11.1 Å². The van der Waals surface area contributed by atoms with Crippen LogP contribution in [-0.4, -0.2) is 38.1 Å². The first-order valence-electron chi connectivity index (χ1n) is 9.11. The highest BCUT2D eigenvalue weighted by atomic mass is 16.4. The Kier molecular flexibility index (Phi) is 4.29. The molecule has 2 heterocycles. The third kappa shape index (κ3) is 3.01. The van der Waals surface area contributed by atoms with Crippen LogP contribution in [-0.2, 0) is 0 Å². The second kappa shape index (κ2) is 6.61. The zero-order valence-corrected chi connectivity index (χ0v) is 15.6. The van der Waals surface area contributed by atoms with Crippen molar-refractivity contribution < 1.29 is 4.42 Å². The fourth-order valence-electron chi connectivity index (χ4n) is 3.74. The van der Waals surface area contributed by atoms with Crippen molar-refractivity contribution in [2.24, 2.45) is 0 Å². The maximum absolute atomic E-state index is 12.7. The summed E-state index contributed by atoms with van der Waals surface area (Å²) in [5.41, 5.74) is 5.21. The third-order valence-electron chi connectivity index (χ3n) is 5.33. The molecule has 4 rings (SSSR count). The largest absolute Gasteiger partial charge is 0.422 e. The van der Waals surface area contributed by atoms with Crippen molar-refractivity contribution in [3.05, 3.63) is 64.0 Å². The second-order valence-corrected chi connectivity index (χ2v) is 7.23. The van der Waals surface area contributed by atoms with Gasteiger partial charge in [-0.15, -0.1) is 0 Å². The van der Waals surface area contributed by atoms with Gasteiger partial charge < -0.3 is 14.2 Å². The predicted octanol–water partition coefficient (Wildman–Crippen LogP) is 3.83. The average molecular weight is 348 g/mol. The number of benzene rings is 2. The number of fused-ring (bicyclic) bond motifs is 1. The van der Waals surface area contributed by atoms with Crippen LogP contribution in [0.5, 0.6) is 0 Å². The lowest BCUT2D eigenvalue weighted by Crippen LogP contribution is -2.44. The maximum Gasteiger partial charge on any atom is 0.344 e. The molecule has 1 saturated heterocycles. The highest BCUT2D eigenvalue weighted by Gasteiger charge is 2.17. The van der Waals surface area contributed by atoms with E-state index in [4.69, 9.17) is 4.42 Å². The lowest BCUT2D eigenvalue weighted by atomic mass is 9.98. The first kappa shape index (κ1) is 16.9. The third-order valence-corrected chi connectivity index (χ3v) is 5.33. The van der Waals surface area contributed by atoms with Crippen molar-refractivity contribution in [1.29, 1.82) is 0 Å². The van der Waals surface area contributed by atoms with Gasteiger partial charge >= 0.3 is 5.63 Å². The molecule has 134 valence electrons. The van der Waals surface area contributed by atoms with Gasteiger partial charge in [-0.1, -0.05) is 29.8 Å². The molecule has 0 radical (unpaired) electrons. The quantitative estimate of drug-likeness (QED) is 0.660. The van der Waals surface area contributed by atoms with Gasteiger partial charge in [-0.2, -0.15) is 0 Å². The molecule has 1 fully saturated rings. The zero-order chi connectivity index (χ0) is 18.3. The summed E-state index contributed by atoms with van der Waals surface area (Å²) in [7, 11) is 2.15. The Morgan fingerprint density at radius 1 is 0.962 bits per heavy atom. The summed E-state index contributed by atoms with van der Waals surface area (Å²) in [4.78, 5) is 17.4. The minimum Gasteiger partial charge on any atom is -0.422 e. The van der Waals surface area contributed by atoms with Gasteiger partial charge in [0.05, 0.1) is 5.56 Å². The van der Waals surface area contributed by atoms with Gasteiger partial charge in [0, 0.05) is 43.3 Å². The SMILES string of the molecule is Cc1cccc(-c2c(C)c3ccc(N4CCN(C)CC4)cc3oc2=O)c1. The number of hydrogen-bond acceptors (Lipinski definition) is 4. The molecule has 0 atom stereocenters.